The van der Waals surface area contributed by atoms with Crippen molar-refractivity contribution in [3.05, 3.63) is 74.5 Å². The lowest BCUT2D eigenvalue weighted by molar-refractivity contribution is -0.385. The van der Waals surface area contributed by atoms with E-state index >= 15 is 0 Å². The van der Waals surface area contributed by atoms with E-state index in [4.69, 9.17) is 11.6 Å². The van der Waals surface area contributed by atoms with E-state index in [2.05, 4.69) is 5.32 Å². The molecule has 0 bridgehead atoms. The molecule has 2 aromatic rings. The molecule has 0 amide bonds. The fourth-order valence-corrected chi connectivity index (χ4v) is 2.53. The SMILES string of the molecule is CNC(Cc1ccccc1[N+](=O)[O-])c1ccc(F)cc1Cl. The number of para-hydroxylation sites is 1. The average Bonchev–Trinajstić information content (AvgIpc) is 2.45. The van der Waals surface area contributed by atoms with Crippen molar-refractivity contribution in [2.24, 2.45) is 0 Å². The van der Waals surface area contributed by atoms with Gasteiger partial charge in [0.05, 0.1) is 4.92 Å². The van der Waals surface area contributed by atoms with Crippen LogP contribution in [0.2, 0.25) is 5.02 Å². The molecule has 0 heterocycles. The number of nitrogens with zero attached hydrogens (tertiary/aromatic N) is 1. The van der Waals surface area contributed by atoms with Gasteiger partial charge in [0.1, 0.15) is 5.82 Å². The second-order valence-electron chi connectivity index (χ2n) is 4.60. The summed E-state index contributed by atoms with van der Waals surface area (Å²) in [5.74, 6) is -0.413. The van der Waals surface area contributed by atoms with Gasteiger partial charge in [0, 0.05) is 22.7 Å². The minimum atomic E-state index is -0.413. The summed E-state index contributed by atoms with van der Waals surface area (Å²) in [6.45, 7) is 0. The Labute approximate surface area is 126 Å². The standard InChI is InChI=1S/C15H14ClFN2O2/c1-18-14(12-7-6-11(17)9-13(12)16)8-10-4-2-3-5-15(10)19(20)21/h2-7,9,14,18H,8H2,1H3. The van der Waals surface area contributed by atoms with Gasteiger partial charge in [-0.15, -0.1) is 0 Å². The third-order valence-corrected chi connectivity index (χ3v) is 3.63. The molecule has 0 aliphatic carbocycles. The van der Waals surface area contributed by atoms with E-state index in [1.165, 1.54) is 18.2 Å². The Morgan fingerprint density at radius 3 is 2.67 bits per heavy atom. The van der Waals surface area contributed by atoms with E-state index in [9.17, 15) is 14.5 Å². The minimum absolute atomic E-state index is 0.0657. The lowest BCUT2D eigenvalue weighted by atomic mass is 9.98. The predicted octanol–water partition coefficient (Wildman–Crippen LogP) is 3.89. The first-order valence-electron chi connectivity index (χ1n) is 6.37. The smallest absolute Gasteiger partial charge is 0.272 e. The number of halogens is 2. The second kappa shape index (κ2) is 6.65. The van der Waals surface area contributed by atoms with Crippen LogP contribution in [0.5, 0.6) is 0 Å². The Balaban J connectivity index is 2.34. The molecule has 2 rings (SSSR count). The highest BCUT2D eigenvalue weighted by Gasteiger charge is 2.19. The number of nitro benzene ring substituents is 1. The van der Waals surface area contributed by atoms with Gasteiger partial charge < -0.3 is 5.32 Å². The largest absolute Gasteiger partial charge is 0.313 e. The van der Waals surface area contributed by atoms with Crippen LogP contribution in [-0.4, -0.2) is 12.0 Å². The molecule has 0 aliphatic rings. The molecular formula is C15H14ClFN2O2. The van der Waals surface area contributed by atoms with Crippen LogP contribution in [0.15, 0.2) is 42.5 Å². The fraction of sp³-hybridized carbons (Fsp3) is 0.200. The van der Waals surface area contributed by atoms with Crippen molar-refractivity contribution in [3.63, 3.8) is 0 Å². The van der Waals surface area contributed by atoms with E-state index < -0.39 is 10.7 Å². The Morgan fingerprint density at radius 1 is 1.33 bits per heavy atom. The van der Waals surface area contributed by atoms with Crippen LogP contribution in [0.25, 0.3) is 0 Å². The van der Waals surface area contributed by atoms with Crippen molar-refractivity contribution in [2.75, 3.05) is 7.05 Å². The van der Waals surface area contributed by atoms with Crippen LogP contribution >= 0.6 is 11.6 Å². The highest BCUT2D eigenvalue weighted by atomic mass is 35.5. The highest BCUT2D eigenvalue weighted by Crippen LogP contribution is 2.29. The molecule has 4 nitrogen and oxygen atoms in total. The maximum atomic E-state index is 13.1. The molecule has 6 heteroatoms. The average molecular weight is 309 g/mol. The van der Waals surface area contributed by atoms with Gasteiger partial charge in [-0.05, 0) is 31.2 Å². The molecule has 0 radical (unpaired) electrons. The first-order chi connectivity index (χ1) is 10.0. The zero-order valence-corrected chi connectivity index (χ0v) is 12.1. The van der Waals surface area contributed by atoms with Crippen LogP contribution in [0.4, 0.5) is 10.1 Å². The van der Waals surface area contributed by atoms with Gasteiger partial charge in [0.2, 0.25) is 0 Å². The molecule has 1 N–H and O–H groups in total. The first kappa shape index (κ1) is 15.4. The molecule has 0 saturated heterocycles. The number of hydrogen-bond acceptors (Lipinski definition) is 3. The monoisotopic (exact) mass is 308 g/mol. The molecule has 2 aromatic carbocycles. The van der Waals surface area contributed by atoms with Gasteiger partial charge in [-0.3, -0.25) is 10.1 Å². The number of hydrogen-bond donors (Lipinski definition) is 1. The molecule has 0 spiro atoms. The van der Waals surface area contributed by atoms with Crippen LogP contribution in [0.1, 0.15) is 17.2 Å². The van der Waals surface area contributed by atoms with Crippen LogP contribution in [0.3, 0.4) is 0 Å². The fourth-order valence-electron chi connectivity index (χ4n) is 2.23. The lowest BCUT2D eigenvalue weighted by Gasteiger charge is -2.18. The molecule has 1 atom stereocenters. The quantitative estimate of drug-likeness (QED) is 0.673. The van der Waals surface area contributed by atoms with Gasteiger partial charge in [-0.1, -0.05) is 35.9 Å². The van der Waals surface area contributed by atoms with E-state index in [1.54, 1.807) is 31.3 Å². The molecule has 1 unspecified atom stereocenters. The molecule has 0 fully saturated rings. The number of rotatable bonds is 5. The van der Waals surface area contributed by atoms with Gasteiger partial charge in [-0.2, -0.15) is 0 Å². The summed E-state index contributed by atoms with van der Waals surface area (Å²) < 4.78 is 13.1. The summed E-state index contributed by atoms with van der Waals surface area (Å²) >= 11 is 6.06. The third-order valence-electron chi connectivity index (χ3n) is 3.30. The molecule has 110 valence electrons. The van der Waals surface area contributed by atoms with Crippen molar-refractivity contribution in [2.45, 2.75) is 12.5 Å². The van der Waals surface area contributed by atoms with Crippen LogP contribution < -0.4 is 5.32 Å². The number of benzene rings is 2. The van der Waals surface area contributed by atoms with E-state index in [0.29, 0.717) is 22.6 Å². The van der Waals surface area contributed by atoms with Crippen molar-refractivity contribution >= 4 is 17.3 Å². The van der Waals surface area contributed by atoms with Gasteiger partial charge in [-0.25, -0.2) is 4.39 Å². The zero-order chi connectivity index (χ0) is 15.4. The molecule has 0 aliphatic heterocycles. The Kier molecular flexibility index (Phi) is 4.88. The molecule has 0 aromatic heterocycles. The maximum absolute atomic E-state index is 13.1. The van der Waals surface area contributed by atoms with Gasteiger partial charge in [0.25, 0.3) is 5.69 Å². The van der Waals surface area contributed by atoms with Crippen molar-refractivity contribution in [3.8, 4) is 0 Å². The number of likely N-dealkylation sites (N-methyl/N-ethyl adjacent to an activating group) is 1. The highest BCUT2D eigenvalue weighted by molar-refractivity contribution is 6.31. The summed E-state index contributed by atoms with van der Waals surface area (Å²) in [6.07, 6.45) is 0.388. The molecule has 0 saturated carbocycles. The number of nitro groups is 1. The maximum Gasteiger partial charge on any atom is 0.272 e. The summed E-state index contributed by atoms with van der Waals surface area (Å²) in [7, 11) is 1.74. The Morgan fingerprint density at radius 2 is 2.05 bits per heavy atom. The van der Waals surface area contributed by atoms with Crippen LogP contribution in [0, 0.1) is 15.9 Å². The normalized spacial score (nSPS) is 12.1. The topological polar surface area (TPSA) is 55.2 Å². The molecule has 21 heavy (non-hydrogen) atoms. The van der Waals surface area contributed by atoms with E-state index in [0.717, 1.165) is 0 Å². The van der Waals surface area contributed by atoms with Crippen molar-refractivity contribution < 1.29 is 9.31 Å². The van der Waals surface area contributed by atoms with E-state index in [-0.39, 0.29) is 11.7 Å². The summed E-state index contributed by atoms with van der Waals surface area (Å²) in [6, 6.07) is 10.5. The third kappa shape index (κ3) is 3.56. The van der Waals surface area contributed by atoms with Gasteiger partial charge >= 0.3 is 0 Å². The predicted molar refractivity (Wildman–Crippen MR) is 80.0 cm³/mol. The van der Waals surface area contributed by atoms with Gasteiger partial charge in [0.15, 0.2) is 0 Å². The summed E-state index contributed by atoms with van der Waals surface area (Å²) in [5.41, 5.74) is 1.37. The molecular weight excluding hydrogens is 295 g/mol. The first-order valence-corrected chi connectivity index (χ1v) is 6.75. The Hall–Kier alpha value is -1.98. The van der Waals surface area contributed by atoms with Crippen LogP contribution in [-0.2, 0) is 6.42 Å². The van der Waals surface area contributed by atoms with Crippen molar-refractivity contribution in [1.82, 2.24) is 5.32 Å². The second-order valence-corrected chi connectivity index (χ2v) is 5.00. The minimum Gasteiger partial charge on any atom is -0.313 e. The summed E-state index contributed by atoms with van der Waals surface area (Å²) in [4.78, 5) is 10.6. The van der Waals surface area contributed by atoms with Crippen molar-refractivity contribution in [1.29, 1.82) is 0 Å². The zero-order valence-electron chi connectivity index (χ0n) is 11.3. The van der Waals surface area contributed by atoms with E-state index in [1.807, 2.05) is 0 Å². The number of nitrogens with one attached hydrogen (secondary N) is 1. The Bertz CT molecular complexity index is 664. The summed E-state index contributed by atoms with van der Waals surface area (Å²) in [5, 5.41) is 14.4. The lowest BCUT2D eigenvalue weighted by Crippen LogP contribution is -2.19.